The zero-order chi connectivity index (χ0) is 15.8. The molecule has 4 rings (SSSR count). The van der Waals surface area contributed by atoms with Crippen molar-refractivity contribution in [3.8, 4) is 0 Å². The standard InChI is InChI=1S/C20H37N3/c1-3-14(2)15-8-10-16(11-9-15)23-17-6-4-12-21-19(17)20-18(23)7-5-13-22-20/h14-22H,3-13H2,1-2H3. The predicted molar refractivity (Wildman–Crippen MR) is 96.7 cm³/mol. The fourth-order valence-corrected chi connectivity index (χ4v) is 6.28. The van der Waals surface area contributed by atoms with Gasteiger partial charge in [-0.3, -0.25) is 4.90 Å². The van der Waals surface area contributed by atoms with Crippen LogP contribution >= 0.6 is 0 Å². The molecule has 2 N–H and O–H groups in total. The van der Waals surface area contributed by atoms with Crippen molar-refractivity contribution in [1.82, 2.24) is 15.5 Å². The average Bonchev–Trinajstić information content (AvgIpc) is 2.96. The van der Waals surface area contributed by atoms with Crippen molar-refractivity contribution in [3.05, 3.63) is 0 Å². The van der Waals surface area contributed by atoms with Gasteiger partial charge in [0.15, 0.2) is 0 Å². The fourth-order valence-electron chi connectivity index (χ4n) is 6.28. The summed E-state index contributed by atoms with van der Waals surface area (Å²) < 4.78 is 0. The Kier molecular flexibility index (Phi) is 4.99. The van der Waals surface area contributed by atoms with Crippen LogP contribution in [0, 0.1) is 11.8 Å². The lowest BCUT2D eigenvalue weighted by Gasteiger charge is -2.44. The van der Waals surface area contributed by atoms with Gasteiger partial charge in [-0.25, -0.2) is 0 Å². The maximum Gasteiger partial charge on any atom is 0.0393 e. The zero-order valence-electron chi connectivity index (χ0n) is 15.3. The molecule has 1 saturated carbocycles. The molecule has 0 bridgehead atoms. The minimum absolute atomic E-state index is 0.723. The molecule has 5 unspecified atom stereocenters. The molecule has 3 heteroatoms. The Morgan fingerprint density at radius 1 is 0.870 bits per heavy atom. The van der Waals surface area contributed by atoms with Crippen LogP contribution in [0.15, 0.2) is 0 Å². The van der Waals surface area contributed by atoms with Crippen molar-refractivity contribution in [2.45, 2.75) is 102 Å². The van der Waals surface area contributed by atoms with Gasteiger partial charge in [-0.05, 0) is 76.3 Å². The van der Waals surface area contributed by atoms with Gasteiger partial charge in [0.25, 0.3) is 0 Å². The second-order valence-corrected chi connectivity index (χ2v) is 8.78. The van der Waals surface area contributed by atoms with Gasteiger partial charge in [-0.1, -0.05) is 20.3 Å². The third-order valence-corrected chi connectivity index (χ3v) is 7.71. The van der Waals surface area contributed by atoms with Crippen LogP contribution in [0.25, 0.3) is 0 Å². The number of fused-ring (bicyclic) bond motifs is 3. The molecule has 3 saturated heterocycles. The normalized spacial score (nSPS) is 46.2. The highest BCUT2D eigenvalue weighted by atomic mass is 15.3. The SMILES string of the molecule is CCC(C)C1CCC(N2C3CCCNC3C3NCCCC32)CC1. The molecule has 4 aliphatic rings. The van der Waals surface area contributed by atoms with E-state index in [-0.39, 0.29) is 0 Å². The molecule has 23 heavy (non-hydrogen) atoms. The number of nitrogens with one attached hydrogen (secondary N) is 2. The lowest BCUT2D eigenvalue weighted by atomic mass is 9.77. The number of hydrogen-bond acceptors (Lipinski definition) is 3. The Labute approximate surface area is 143 Å². The molecule has 0 spiro atoms. The molecular weight excluding hydrogens is 282 g/mol. The molecule has 0 amide bonds. The molecule has 3 heterocycles. The molecular formula is C20H37N3. The first-order valence-electron chi connectivity index (χ1n) is 10.5. The molecule has 0 aromatic heterocycles. The van der Waals surface area contributed by atoms with E-state index in [9.17, 15) is 0 Å². The van der Waals surface area contributed by atoms with Crippen LogP contribution < -0.4 is 10.6 Å². The number of nitrogens with zero attached hydrogens (tertiary/aromatic N) is 1. The third-order valence-electron chi connectivity index (χ3n) is 7.71. The summed E-state index contributed by atoms with van der Waals surface area (Å²) >= 11 is 0. The first-order valence-corrected chi connectivity index (χ1v) is 10.5. The molecule has 1 aliphatic carbocycles. The summed E-state index contributed by atoms with van der Waals surface area (Å²) in [6, 6.07) is 3.95. The Bertz CT molecular complexity index is 368. The molecule has 132 valence electrons. The lowest BCUT2D eigenvalue weighted by Crippen LogP contribution is -2.55. The van der Waals surface area contributed by atoms with E-state index in [0.29, 0.717) is 0 Å². The smallest absolute Gasteiger partial charge is 0.0393 e. The molecule has 0 aromatic carbocycles. The number of piperidine rings is 2. The van der Waals surface area contributed by atoms with Crippen LogP contribution in [0.2, 0.25) is 0 Å². The molecule has 5 atom stereocenters. The van der Waals surface area contributed by atoms with Crippen LogP contribution in [0.5, 0.6) is 0 Å². The minimum atomic E-state index is 0.723. The average molecular weight is 320 g/mol. The summed E-state index contributed by atoms with van der Waals surface area (Å²) in [6.45, 7) is 7.32. The van der Waals surface area contributed by atoms with Gasteiger partial charge in [-0.2, -0.15) is 0 Å². The van der Waals surface area contributed by atoms with Crippen molar-refractivity contribution in [3.63, 3.8) is 0 Å². The minimum Gasteiger partial charge on any atom is -0.311 e. The highest BCUT2D eigenvalue weighted by Gasteiger charge is 2.52. The fraction of sp³-hybridized carbons (Fsp3) is 1.00. The molecule has 0 aromatic rings. The molecule has 0 radical (unpaired) electrons. The molecule has 3 aliphatic heterocycles. The monoisotopic (exact) mass is 319 g/mol. The van der Waals surface area contributed by atoms with Crippen LogP contribution in [-0.2, 0) is 0 Å². The highest BCUT2D eigenvalue weighted by molar-refractivity contribution is 5.12. The van der Waals surface area contributed by atoms with Crippen molar-refractivity contribution < 1.29 is 0 Å². The van der Waals surface area contributed by atoms with Gasteiger partial charge < -0.3 is 10.6 Å². The second-order valence-electron chi connectivity index (χ2n) is 8.78. The van der Waals surface area contributed by atoms with E-state index in [0.717, 1.165) is 42.0 Å². The van der Waals surface area contributed by atoms with E-state index in [1.807, 2.05) is 0 Å². The van der Waals surface area contributed by atoms with Crippen molar-refractivity contribution >= 4 is 0 Å². The molecule has 3 nitrogen and oxygen atoms in total. The van der Waals surface area contributed by atoms with Crippen molar-refractivity contribution in [1.29, 1.82) is 0 Å². The quantitative estimate of drug-likeness (QED) is 0.837. The predicted octanol–water partition coefficient (Wildman–Crippen LogP) is 3.15. The number of likely N-dealkylation sites (tertiary alicyclic amines) is 1. The Balaban J connectivity index is 1.46. The van der Waals surface area contributed by atoms with E-state index in [2.05, 4.69) is 29.4 Å². The summed E-state index contributed by atoms with van der Waals surface area (Å²) in [4.78, 5) is 3.03. The van der Waals surface area contributed by atoms with Crippen LogP contribution in [0.1, 0.15) is 71.6 Å². The maximum absolute atomic E-state index is 3.88. The van der Waals surface area contributed by atoms with Gasteiger partial charge in [0, 0.05) is 30.2 Å². The van der Waals surface area contributed by atoms with Gasteiger partial charge in [-0.15, -0.1) is 0 Å². The Morgan fingerprint density at radius 2 is 1.43 bits per heavy atom. The van der Waals surface area contributed by atoms with Gasteiger partial charge in [0.2, 0.25) is 0 Å². The summed E-state index contributed by atoms with van der Waals surface area (Å²) in [6.07, 6.45) is 12.8. The van der Waals surface area contributed by atoms with Crippen molar-refractivity contribution in [2.75, 3.05) is 13.1 Å². The summed E-state index contributed by atoms with van der Waals surface area (Å²) in [5.74, 6) is 1.93. The van der Waals surface area contributed by atoms with E-state index in [1.165, 1.54) is 70.9 Å². The number of rotatable bonds is 3. The van der Waals surface area contributed by atoms with Crippen molar-refractivity contribution in [2.24, 2.45) is 11.8 Å². The van der Waals surface area contributed by atoms with Gasteiger partial charge in [0.05, 0.1) is 0 Å². The van der Waals surface area contributed by atoms with Crippen LogP contribution in [-0.4, -0.2) is 48.2 Å². The lowest BCUT2D eigenvalue weighted by molar-refractivity contribution is 0.0547. The van der Waals surface area contributed by atoms with E-state index in [4.69, 9.17) is 0 Å². The topological polar surface area (TPSA) is 27.3 Å². The maximum atomic E-state index is 3.88. The Morgan fingerprint density at radius 3 is 1.96 bits per heavy atom. The highest BCUT2D eigenvalue weighted by Crippen LogP contribution is 2.41. The first-order chi connectivity index (χ1) is 11.3. The van der Waals surface area contributed by atoms with E-state index >= 15 is 0 Å². The van der Waals surface area contributed by atoms with E-state index < -0.39 is 0 Å². The third kappa shape index (κ3) is 2.98. The zero-order valence-corrected chi connectivity index (χ0v) is 15.3. The van der Waals surface area contributed by atoms with Crippen LogP contribution in [0.3, 0.4) is 0 Å². The molecule has 4 fully saturated rings. The second kappa shape index (κ2) is 7.01. The van der Waals surface area contributed by atoms with Gasteiger partial charge >= 0.3 is 0 Å². The number of hydrogen-bond donors (Lipinski definition) is 2. The van der Waals surface area contributed by atoms with Gasteiger partial charge in [0.1, 0.15) is 0 Å². The Hall–Kier alpha value is -0.120. The summed E-state index contributed by atoms with van der Waals surface area (Å²) in [5.41, 5.74) is 0. The summed E-state index contributed by atoms with van der Waals surface area (Å²) in [7, 11) is 0. The summed E-state index contributed by atoms with van der Waals surface area (Å²) in [5, 5.41) is 7.76. The van der Waals surface area contributed by atoms with E-state index in [1.54, 1.807) is 0 Å². The first kappa shape index (κ1) is 16.4. The van der Waals surface area contributed by atoms with Crippen LogP contribution in [0.4, 0.5) is 0 Å². The largest absolute Gasteiger partial charge is 0.311 e.